The van der Waals surface area contributed by atoms with E-state index in [0.29, 0.717) is 19.5 Å². The van der Waals surface area contributed by atoms with E-state index in [9.17, 15) is 19.8 Å². The van der Waals surface area contributed by atoms with E-state index in [4.69, 9.17) is 4.74 Å². The van der Waals surface area contributed by atoms with Crippen LogP contribution >= 0.6 is 0 Å². The molecule has 2 amide bonds. The number of aliphatic hydroxyl groups is 2. The number of hydrogen-bond donors (Lipinski definition) is 2. The third kappa shape index (κ3) is 3.28. The van der Waals surface area contributed by atoms with E-state index in [0.717, 1.165) is 6.42 Å². The van der Waals surface area contributed by atoms with E-state index in [1.165, 1.54) is 4.90 Å². The van der Waals surface area contributed by atoms with Crippen LogP contribution in [0.3, 0.4) is 0 Å². The van der Waals surface area contributed by atoms with E-state index in [2.05, 4.69) is 0 Å². The van der Waals surface area contributed by atoms with Gasteiger partial charge in [-0.05, 0) is 6.42 Å². The molecule has 114 valence electrons. The highest BCUT2D eigenvalue weighted by molar-refractivity contribution is 5.80. The topological polar surface area (TPSA) is 90.3 Å². The summed E-state index contributed by atoms with van der Waals surface area (Å²) in [6.45, 7) is 1.42. The number of ether oxygens (including phenoxy) is 1. The molecule has 2 aliphatic heterocycles. The molecule has 7 heteroatoms. The third-order valence-electron chi connectivity index (χ3n) is 4.02. The second-order valence-corrected chi connectivity index (χ2v) is 5.40. The van der Waals surface area contributed by atoms with Gasteiger partial charge in [0, 0.05) is 33.0 Å². The number of aliphatic hydroxyl groups excluding tert-OH is 2. The van der Waals surface area contributed by atoms with Gasteiger partial charge in [-0.1, -0.05) is 0 Å². The van der Waals surface area contributed by atoms with Crippen molar-refractivity contribution in [3.05, 3.63) is 0 Å². The van der Waals surface area contributed by atoms with Crippen LogP contribution < -0.4 is 0 Å². The molecule has 3 atom stereocenters. The Labute approximate surface area is 118 Å². The summed E-state index contributed by atoms with van der Waals surface area (Å²) in [6.07, 6.45) is -0.327. The standard InChI is InChI=1S/C13H22N2O5/c1-14(9-7-20-8-10(16)13(9)19)11(17)4-6-15-5-2-3-12(15)18/h9-10,13,16,19H,2-8H2,1H3/t9-,10-,13+/m1/s1. The van der Waals surface area contributed by atoms with Crippen molar-refractivity contribution in [3.63, 3.8) is 0 Å². The lowest BCUT2D eigenvalue weighted by Crippen LogP contribution is -2.56. The van der Waals surface area contributed by atoms with Crippen molar-refractivity contribution in [2.45, 2.75) is 37.5 Å². The Hall–Kier alpha value is -1.18. The fraction of sp³-hybridized carbons (Fsp3) is 0.846. The largest absolute Gasteiger partial charge is 0.388 e. The molecule has 0 bridgehead atoms. The average Bonchev–Trinajstić information content (AvgIpc) is 2.84. The molecule has 2 heterocycles. The van der Waals surface area contributed by atoms with Gasteiger partial charge >= 0.3 is 0 Å². The number of carbonyl (C=O) groups excluding carboxylic acids is 2. The first kappa shape index (κ1) is 15.2. The van der Waals surface area contributed by atoms with Crippen LogP contribution in [0.5, 0.6) is 0 Å². The molecule has 0 spiro atoms. The third-order valence-corrected chi connectivity index (χ3v) is 4.02. The molecule has 2 N–H and O–H groups in total. The Morgan fingerprint density at radius 3 is 2.85 bits per heavy atom. The number of amides is 2. The van der Waals surface area contributed by atoms with E-state index >= 15 is 0 Å². The number of likely N-dealkylation sites (tertiary alicyclic amines) is 1. The predicted molar refractivity (Wildman–Crippen MR) is 69.8 cm³/mol. The quantitative estimate of drug-likeness (QED) is 0.662. The molecule has 7 nitrogen and oxygen atoms in total. The molecule has 2 rings (SSSR count). The molecule has 0 radical (unpaired) electrons. The molecule has 0 aromatic heterocycles. The van der Waals surface area contributed by atoms with E-state index < -0.39 is 18.2 Å². The van der Waals surface area contributed by atoms with Gasteiger partial charge in [-0.25, -0.2) is 0 Å². The fourth-order valence-corrected chi connectivity index (χ4v) is 2.64. The van der Waals surface area contributed by atoms with Crippen molar-refractivity contribution >= 4 is 11.8 Å². The second-order valence-electron chi connectivity index (χ2n) is 5.40. The summed E-state index contributed by atoms with van der Waals surface area (Å²) >= 11 is 0. The number of carbonyl (C=O) groups is 2. The molecule has 0 aromatic rings. The molecule has 0 saturated carbocycles. The van der Waals surface area contributed by atoms with E-state index in [-0.39, 0.29) is 31.4 Å². The van der Waals surface area contributed by atoms with Gasteiger partial charge in [0.25, 0.3) is 0 Å². The lowest BCUT2D eigenvalue weighted by Gasteiger charge is -2.37. The molecular formula is C13H22N2O5. The monoisotopic (exact) mass is 286 g/mol. The summed E-state index contributed by atoms with van der Waals surface area (Å²) in [5.41, 5.74) is 0. The summed E-state index contributed by atoms with van der Waals surface area (Å²) in [5, 5.41) is 19.4. The lowest BCUT2D eigenvalue weighted by atomic mass is 10.0. The Morgan fingerprint density at radius 2 is 2.20 bits per heavy atom. The SMILES string of the molecule is CN(C(=O)CCN1CCCC1=O)[C@@H]1COC[C@@H](O)[C@H]1O. The van der Waals surface area contributed by atoms with Crippen LogP contribution in [0.1, 0.15) is 19.3 Å². The Balaban J connectivity index is 1.83. The highest BCUT2D eigenvalue weighted by atomic mass is 16.5. The number of rotatable bonds is 4. The zero-order valence-corrected chi connectivity index (χ0v) is 11.7. The maximum Gasteiger partial charge on any atom is 0.224 e. The van der Waals surface area contributed by atoms with Gasteiger partial charge in [0.05, 0.1) is 19.3 Å². The van der Waals surface area contributed by atoms with Crippen LogP contribution in [0.2, 0.25) is 0 Å². The van der Waals surface area contributed by atoms with Crippen LogP contribution in [0.15, 0.2) is 0 Å². The Bertz CT molecular complexity index is 376. The van der Waals surface area contributed by atoms with Crippen LogP contribution in [0, 0.1) is 0 Å². The predicted octanol–water partition coefficient (Wildman–Crippen LogP) is -1.42. The van der Waals surface area contributed by atoms with Crippen LogP contribution in [0.25, 0.3) is 0 Å². The van der Waals surface area contributed by atoms with Gasteiger partial charge < -0.3 is 24.7 Å². The number of hydrogen-bond acceptors (Lipinski definition) is 5. The zero-order valence-electron chi connectivity index (χ0n) is 11.7. The molecule has 2 fully saturated rings. The normalized spacial score (nSPS) is 30.6. The maximum atomic E-state index is 12.1. The van der Waals surface area contributed by atoms with Crippen molar-refractivity contribution in [2.24, 2.45) is 0 Å². The van der Waals surface area contributed by atoms with Crippen LogP contribution in [0.4, 0.5) is 0 Å². The van der Waals surface area contributed by atoms with Gasteiger partial charge in [-0.3, -0.25) is 9.59 Å². The number of likely N-dealkylation sites (N-methyl/N-ethyl adjacent to an activating group) is 1. The van der Waals surface area contributed by atoms with Crippen LogP contribution in [-0.2, 0) is 14.3 Å². The summed E-state index contributed by atoms with van der Waals surface area (Å²) in [4.78, 5) is 26.7. The van der Waals surface area contributed by atoms with Gasteiger partial charge in [0.1, 0.15) is 12.2 Å². The minimum atomic E-state index is -0.994. The maximum absolute atomic E-state index is 12.1. The van der Waals surface area contributed by atoms with Gasteiger partial charge in [-0.15, -0.1) is 0 Å². The molecule has 2 saturated heterocycles. The Morgan fingerprint density at radius 1 is 1.45 bits per heavy atom. The summed E-state index contributed by atoms with van der Waals surface area (Å²) in [5.74, 6) is -0.0663. The first-order valence-electron chi connectivity index (χ1n) is 6.98. The summed E-state index contributed by atoms with van der Waals surface area (Å²) in [6, 6.07) is -0.541. The molecule has 0 aromatic carbocycles. The van der Waals surface area contributed by atoms with Crippen molar-refractivity contribution in [3.8, 4) is 0 Å². The number of nitrogens with zero attached hydrogens (tertiary/aromatic N) is 2. The molecule has 0 aliphatic carbocycles. The Kier molecular flexibility index (Phi) is 4.95. The van der Waals surface area contributed by atoms with Crippen molar-refractivity contribution < 1.29 is 24.5 Å². The highest BCUT2D eigenvalue weighted by Crippen LogP contribution is 2.15. The van der Waals surface area contributed by atoms with Crippen molar-refractivity contribution in [1.82, 2.24) is 9.80 Å². The van der Waals surface area contributed by atoms with E-state index in [1.54, 1.807) is 11.9 Å². The van der Waals surface area contributed by atoms with Crippen molar-refractivity contribution in [2.75, 3.05) is 33.4 Å². The smallest absolute Gasteiger partial charge is 0.224 e. The average molecular weight is 286 g/mol. The molecule has 20 heavy (non-hydrogen) atoms. The van der Waals surface area contributed by atoms with Gasteiger partial charge in [-0.2, -0.15) is 0 Å². The molecule has 0 unspecified atom stereocenters. The molecule has 2 aliphatic rings. The zero-order chi connectivity index (χ0) is 14.7. The molecular weight excluding hydrogens is 264 g/mol. The van der Waals surface area contributed by atoms with Gasteiger partial charge in [0.15, 0.2) is 0 Å². The first-order chi connectivity index (χ1) is 9.50. The lowest BCUT2D eigenvalue weighted by molar-refractivity contribution is -0.153. The summed E-state index contributed by atoms with van der Waals surface area (Å²) < 4.78 is 5.16. The van der Waals surface area contributed by atoms with Crippen LogP contribution in [-0.4, -0.2) is 83.4 Å². The highest BCUT2D eigenvalue weighted by Gasteiger charge is 2.35. The second kappa shape index (κ2) is 6.51. The minimum Gasteiger partial charge on any atom is -0.388 e. The first-order valence-corrected chi connectivity index (χ1v) is 6.98. The minimum absolute atomic E-state index is 0.0853. The summed E-state index contributed by atoms with van der Waals surface area (Å²) in [7, 11) is 1.59. The fourth-order valence-electron chi connectivity index (χ4n) is 2.64. The van der Waals surface area contributed by atoms with E-state index in [1.807, 2.05) is 0 Å². The van der Waals surface area contributed by atoms with Crippen molar-refractivity contribution in [1.29, 1.82) is 0 Å². The van der Waals surface area contributed by atoms with Gasteiger partial charge in [0.2, 0.25) is 11.8 Å².